The number of hydrazone groups is 1. The Bertz CT molecular complexity index is 901. The number of ether oxygens (including phenoxy) is 1. The van der Waals surface area contributed by atoms with E-state index in [-0.39, 0.29) is 0 Å². The van der Waals surface area contributed by atoms with Gasteiger partial charge >= 0.3 is 0 Å². The summed E-state index contributed by atoms with van der Waals surface area (Å²) in [4.78, 5) is 12.9. The maximum Gasteiger partial charge on any atom is 0.281 e. The van der Waals surface area contributed by atoms with Crippen LogP contribution in [0.1, 0.15) is 23.6 Å². The highest BCUT2D eigenvalue weighted by molar-refractivity contribution is 5.91. The Balaban J connectivity index is 1.84. The SMILES string of the molecule is CCOc1cccc(/C=N\NC(=O)C(O)(c2ccccc2)c2ccccc2)c1. The summed E-state index contributed by atoms with van der Waals surface area (Å²) in [5, 5.41) is 15.3. The summed E-state index contributed by atoms with van der Waals surface area (Å²) < 4.78 is 5.45. The molecule has 3 aromatic rings. The first kappa shape index (κ1) is 19.3. The van der Waals surface area contributed by atoms with Gasteiger partial charge in [0.15, 0.2) is 5.60 Å². The Kier molecular flexibility index (Phi) is 6.19. The van der Waals surface area contributed by atoms with Gasteiger partial charge in [-0.3, -0.25) is 4.79 Å². The molecule has 0 aliphatic carbocycles. The van der Waals surface area contributed by atoms with Crippen LogP contribution in [0.4, 0.5) is 0 Å². The molecule has 0 saturated carbocycles. The van der Waals surface area contributed by atoms with Gasteiger partial charge in [0, 0.05) is 0 Å². The smallest absolute Gasteiger partial charge is 0.281 e. The first-order valence-electron chi connectivity index (χ1n) is 9.04. The van der Waals surface area contributed by atoms with Crippen molar-refractivity contribution in [1.82, 2.24) is 5.43 Å². The highest BCUT2D eigenvalue weighted by Crippen LogP contribution is 2.29. The maximum absolute atomic E-state index is 12.9. The number of hydrogen-bond acceptors (Lipinski definition) is 4. The Labute approximate surface area is 164 Å². The van der Waals surface area contributed by atoms with E-state index in [4.69, 9.17) is 4.74 Å². The van der Waals surface area contributed by atoms with Crippen molar-refractivity contribution in [2.24, 2.45) is 5.10 Å². The van der Waals surface area contributed by atoms with Crippen LogP contribution in [0.15, 0.2) is 90.0 Å². The molecule has 5 nitrogen and oxygen atoms in total. The Morgan fingerprint density at radius 3 is 2.18 bits per heavy atom. The van der Waals surface area contributed by atoms with Crippen LogP contribution in [-0.2, 0) is 10.4 Å². The van der Waals surface area contributed by atoms with Crippen LogP contribution in [-0.4, -0.2) is 23.8 Å². The third-order valence-corrected chi connectivity index (χ3v) is 4.26. The fraction of sp³-hybridized carbons (Fsp3) is 0.130. The van der Waals surface area contributed by atoms with Crippen molar-refractivity contribution in [2.45, 2.75) is 12.5 Å². The average molecular weight is 374 g/mol. The third-order valence-electron chi connectivity index (χ3n) is 4.26. The van der Waals surface area contributed by atoms with Crippen molar-refractivity contribution in [3.8, 4) is 5.75 Å². The number of benzene rings is 3. The lowest BCUT2D eigenvalue weighted by molar-refractivity contribution is -0.136. The largest absolute Gasteiger partial charge is 0.494 e. The van der Waals surface area contributed by atoms with Crippen molar-refractivity contribution in [2.75, 3.05) is 6.61 Å². The van der Waals surface area contributed by atoms with E-state index in [0.29, 0.717) is 17.7 Å². The second-order valence-corrected chi connectivity index (χ2v) is 6.15. The average Bonchev–Trinajstić information content (AvgIpc) is 2.75. The summed E-state index contributed by atoms with van der Waals surface area (Å²) in [6.07, 6.45) is 1.51. The van der Waals surface area contributed by atoms with Crippen LogP contribution in [0.5, 0.6) is 5.75 Å². The van der Waals surface area contributed by atoms with Gasteiger partial charge in [-0.05, 0) is 35.7 Å². The van der Waals surface area contributed by atoms with Crippen LogP contribution in [0.25, 0.3) is 0 Å². The minimum absolute atomic E-state index is 0.465. The summed E-state index contributed by atoms with van der Waals surface area (Å²) in [7, 11) is 0. The van der Waals surface area contributed by atoms with E-state index in [1.807, 2.05) is 43.3 Å². The van der Waals surface area contributed by atoms with Crippen molar-refractivity contribution in [3.63, 3.8) is 0 Å². The standard InChI is InChI=1S/C23H22N2O3/c1-2-28-21-15-9-10-18(16-21)17-24-25-22(26)23(27,19-11-5-3-6-12-19)20-13-7-4-8-14-20/h3-17,27H,2H2,1H3,(H,25,26)/b24-17-. The van der Waals surface area contributed by atoms with Gasteiger partial charge in [-0.2, -0.15) is 5.10 Å². The van der Waals surface area contributed by atoms with Crippen LogP contribution >= 0.6 is 0 Å². The minimum atomic E-state index is -1.85. The maximum atomic E-state index is 12.9. The van der Waals surface area contributed by atoms with Gasteiger partial charge in [0.1, 0.15) is 5.75 Å². The number of hydrogen-bond donors (Lipinski definition) is 2. The fourth-order valence-electron chi connectivity index (χ4n) is 2.89. The molecule has 0 aliphatic rings. The van der Waals surface area contributed by atoms with Gasteiger partial charge in [-0.15, -0.1) is 0 Å². The molecule has 28 heavy (non-hydrogen) atoms. The van der Waals surface area contributed by atoms with Gasteiger partial charge in [-0.25, -0.2) is 5.43 Å². The number of carbonyl (C=O) groups excluding carboxylic acids is 1. The Hall–Kier alpha value is -3.44. The molecule has 0 saturated heterocycles. The molecule has 3 rings (SSSR count). The molecule has 0 aromatic heterocycles. The first-order valence-corrected chi connectivity index (χ1v) is 9.04. The zero-order valence-electron chi connectivity index (χ0n) is 15.6. The lowest BCUT2D eigenvalue weighted by Crippen LogP contribution is -2.43. The summed E-state index contributed by atoms with van der Waals surface area (Å²) in [6, 6.07) is 25.0. The molecule has 0 unspecified atom stereocenters. The summed E-state index contributed by atoms with van der Waals surface area (Å²) in [5.41, 5.74) is 2.31. The number of rotatable bonds is 7. The van der Waals surface area contributed by atoms with Crippen LogP contribution in [0.2, 0.25) is 0 Å². The second-order valence-electron chi connectivity index (χ2n) is 6.15. The molecule has 1 amide bonds. The normalized spacial score (nSPS) is 11.4. The molecular weight excluding hydrogens is 352 g/mol. The van der Waals surface area contributed by atoms with Gasteiger partial charge in [0.05, 0.1) is 12.8 Å². The molecule has 0 spiro atoms. The van der Waals surface area contributed by atoms with Gasteiger partial charge in [0.25, 0.3) is 5.91 Å². The van der Waals surface area contributed by atoms with Gasteiger partial charge in [0.2, 0.25) is 0 Å². The quantitative estimate of drug-likeness (QED) is 0.491. The number of amides is 1. The molecule has 142 valence electrons. The monoisotopic (exact) mass is 374 g/mol. The molecule has 5 heteroatoms. The van der Waals surface area contributed by atoms with E-state index >= 15 is 0 Å². The van der Waals surface area contributed by atoms with E-state index < -0.39 is 11.5 Å². The number of carbonyl (C=O) groups is 1. The Morgan fingerprint density at radius 2 is 1.61 bits per heavy atom. The van der Waals surface area contributed by atoms with Crippen molar-refractivity contribution < 1.29 is 14.6 Å². The third kappa shape index (κ3) is 4.27. The Morgan fingerprint density at radius 1 is 1.00 bits per heavy atom. The summed E-state index contributed by atoms with van der Waals surface area (Å²) >= 11 is 0. The predicted octanol–water partition coefficient (Wildman–Crippen LogP) is 3.47. The van der Waals surface area contributed by atoms with E-state index in [2.05, 4.69) is 10.5 Å². The van der Waals surface area contributed by atoms with E-state index in [0.717, 1.165) is 11.3 Å². The predicted molar refractivity (Wildman–Crippen MR) is 109 cm³/mol. The lowest BCUT2D eigenvalue weighted by Gasteiger charge is -2.27. The molecule has 3 aromatic carbocycles. The lowest BCUT2D eigenvalue weighted by atomic mass is 9.85. The highest BCUT2D eigenvalue weighted by atomic mass is 16.5. The molecule has 0 fully saturated rings. The zero-order valence-corrected chi connectivity index (χ0v) is 15.6. The van der Waals surface area contributed by atoms with Crippen molar-refractivity contribution in [3.05, 3.63) is 102 Å². The number of aliphatic hydroxyl groups is 1. The molecular formula is C23H22N2O3. The van der Waals surface area contributed by atoms with Crippen molar-refractivity contribution in [1.29, 1.82) is 0 Å². The minimum Gasteiger partial charge on any atom is -0.494 e. The first-order chi connectivity index (χ1) is 13.6. The highest BCUT2D eigenvalue weighted by Gasteiger charge is 2.39. The van der Waals surface area contributed by atoms with Crippen LogP contribution in [0.3, 0.4) is 0 Å². The molecule has 2 N–H and O–H groups in total. The second kappa shape index (κ2) is 8.97. The van der Waals surface area contributed by atoms with Gasteiger partial charge < -0.3 is 9.84 Å². The summed E-state index contributed by atoms with van der Waals surface area (Å²) in [5.74, 6) is 0.0879. The van der Waals surface area contributed by atoms with E-state index in [1.54, 1.807) is 48.5 Å². The van der Waals surface area contributed by atoms with Crippen LogP contribution < -0.4 is 10.2 Å². The molecule has 0 radical (unpaired) electrons. The molecule has 0 heterocycles. The summed E-state index contributed by atoms with van der Waals surface area (Å²) in [6.45, 7) is 2.48. The molecule has 0 bridgehead atoms. The van der Waals surface area contributed by atoms with E-state index in [1.165, 1.54) is 6.21 Å². The zero-order chi connectivity index (χ0) is 19.8. The van der Waals surface area contributed by atoms with Crippen LogP contribution in [0, 0.1) is 0 Å². The molecule has 0 atom stereocenters. The van der Waals surface area contributed by atoms with E-state index in [9.17, 15) is 9.90 Å². The topological polar surface area (TPSA) is 70.9 Å². The van der Waals surface area contributed by atoms with Crippen molar-refractivity contribution >= 4 is 12.1 Å². The molecule has 0 aliphatic heterocycles. The number of nitrogens with zero attached hydrogens (tertiary/aromatic N) is 1. The number of nitrogens with one attached hydrogen (secondary N) is 1. The van der Waals surface area contributed by atoms with Gasteiger partial charge in [-0.1, -0.05) is 72.8 Å². The fourth-order valence-corrected chi connectivity index (χ4v) is 2.89.